The molecule has 0 radical (unpaired) electrons. The molecule has 0 spiro atoms. The highest BCUT2D eigenvalue weighted by molar-refractivity contribution is 5.41. The summed E-state index contributed by atoms with van der Waals surface area (Å²) in [5, 5.41) is 0. The summed E-state index contributed by atoms with van der Waals surface area (Å²) in [5.41, 5.74) is 2.29. The molecule has 0 saturated carbocycles. The van der Waals surface area contributed by atoms with Crippen molar-refractivity contribution in [2.24, 2.45) is 0 Å². The summed E-state index contributed by atoms with van der Waals surface area (Å²) in [7, 11) is 0. The van der Waals surface area contributed by atoms with Crippen molar-refractivity contribution in [3.8, 4) is 5.75 Å². The van der Waals surface area contributed by atoms with E-state index in [9.17, 15) is 0 Å². The first-order valence-corrected chi connectivity index (χ1v) is 7.17. The van der Waals surface area contributed by atoms with Gasteiger partial charge in [-0.15, -0.1) is 6.58 Å². The maximum atomic E-state index is 6.35. The monoisotopic (exact) mass is 264 g/mol. The van der Waals surface area contributed by atoms with Gasteiger partial charge in [0.25, 0.3) is 0 Å². The molecule has 20 heavy (non-hydrogen) atoms. The van der Waals surface area contributed by atoms with Crippen molar-refractivity contribution in [2.45, 2.75) is 31.3 Å². The van der Waals surface area contributed by atoms with E-state index in [2.05, 4.69) is 56.0 Å². The van der Waals surface area contributed by atoms with E-state index in [1.807, 2.05) is 18.2 Å². The highest BCUT2D eigenvalue weighted by atomic mass is 16.5. The molecule has 0 saturated heterocycles. The van der Waals surface area contributed by atoms with Gasteiger partial charge in [-0.3, -0.25) is 0 Å². The molecule has 0 N–H and O–H groups in total. The van der Waals surface area contributed by atoms with Gasteiger partial charge in [0, 0.05) is 0 Å². The Morgan fingerprint density at radius 3 is 2.60 bits per heavy atom. The van der Waals surface area contributed by atoms with Crippen molar-refractivity contribution in [1.82, 2.24) is 0 Å². The standard InChI is InChI=1S/C19H20O/c1-3-9-15-14-19(2,16-10-5-4-6-11-16)20-18-13-8-7-12-17(15)18/h3-8,10-13,15H,1,9,14H2,2H3. The fraction of sp³-hybridized carbons (Fsp3) is 0.263. The van der Waals surface area contributed by atoms with E-state index < -0.39 is 0 Å². The van der Waals surface area contributed by atoms with Gasteiger partial charge in [-0.2, -0.15) is 0 Å². The predicted molar refractivity (Wildman–Crippen MR) is 83.0 cm³/mol. The van der Waals surface area contributed by atoms with Crippen LogP contribution in [0.5, 0.6) is 5.75 Å². The molecule has 0 aliphatic carbocycles. The van der Waals surface area contributed by atoms with Gasteiger partial charge in [-0.1, -0.05) is 54.6 Å². The first-order valence-electron chi connectivity index (χ1n) is 7.17. The molecule has 1 aliphatic heterocycles. The highest BCUT2D eigenvalue weighted by Gasteiger charge is 2.37. The second-order valence-electron chi connectivity index (χ2n) is 5.66. The summed E-state index contributed by atoms with van der Waals surface area (Å²) in [6.45, 7) is 6.10. The first-order chi connectivity index (χ1) is 9.73. The van der Waals surface area contributed by atoms with E-state index in [1.54, 1.807) is 0 Å². The number of hydrogen-bond acceptors (Lipinski definition) is 1. The van der Waals surface area contributed by atoms with Crippen LogP contribution < -0.4 is 4.74 Å². The molecule has 2 aromatic carbocycles. The molecule has 1 heterocycles. The van der Waals surface area contributed by atoms with Crippen LogP contribution in [0.1, 0.15) is 36.8 Å². The quantitative estimate of drug-likeness (QED) is 0.705. The summed E-state index contributed by atoms with van der Waals surface area (Å²) in [6.07, 6.45) is 3.99. The number of allylic oxidation sites excluding steroid dienone is 1. The van der Waals surface area contributed by atoms with Crippen LogP contribution in [0.4, 0.5) is 0 Å². The zero-order valence-electron chi connectivity index (χ0n) is 11.9. The van der Waals surface area contributed by atoms with E-state index in [0.29, 0.717) is 5.92 Å². The van der Waals surface area contributed by atoms with Crippen LogP contribution in [0.3, 0.4) is 0 Å². The van der Waals surface area contributed by atoms with Crippen LogP contribution in [-0.4, -0.2) is 0 Å². The third-order valence-corrected chi connectivity index (χ3v) is 4.17. The third kappa shape index (κ3) is 2.24. The van der Waals surface area contributed by atoms with E-state index in [4.69, 9.17) is 4.74 Å². The van der Waals surface area contributed by atoms with Gasteiger partial charge < -0.3 is 4.74 Å². The Kier molecular flexibility index (Phi) is 3.35. The molecular formula is C19H20O. The molecule has 0 fully saturated rings. The minimum absolute atomic E-state index is 0.261. The van der Waals surface area contributed by atoms with Gasteiger partial charge in [-0.25, -0.2) is 0 Å². The Balaban J connectivity index is 2.03. The first kappa shape index (κ1) is 13.0. The average Bonchev–Trinajstić information content (AvgIpc) is 2.48. The Hall–Kier alpha value is -2.02. The van der Waals surface area contributed by atoms with Crippen LogP contribution in [0.25, 0.3) is 0 Å². The van der Waals surface area contributed by atoms with Crippen LogP contribution in [0.15, 0.2) is 67.3 Å². The summed E-state index contributed by atoms with van der Waals surface area (Å²) in [5.74, 6) is 1.49. The van der Waals surface area contributed by atoms with Crippen LogP contribution >= 0.6 is 0 Å². The summed E-state index contributed by atoms with van der Waals surface area (Å²) >= 11 is 0. The lowest BCUT2D eigenvalue weighted by molar-refractivity contribution is 0.0506. The molecule has 1 nitrogen and oxygen atoms in total. The van der Waals surface area contributed by atoms with E-state index >= 15 is 0 Å². The Bertz CT molecular complexity index is 602. The second-order valence-corrected chi connectivity index (χ2v) is 5.66. The minimum Gasteiger partial charge on any atom is -0.483 e. The lowest BCUT2D eigenvalue weighted by atomic mass is 9.78. The fourth-order valence-electron chi connectivity index (χ4n) is 3.15. The fourth-order valence-corrected chi connectivity index (χ4v) is 3.15. The number of ether oxygens (including phenoxy) is 1. The molecule has 2 aromatic rings. The van der Waals surface area contributed by atoms with Gasteiger partial charge in [0.15, 0.2) is 0 Å². The molecule has 0 amide bonds. The van der Waals surface area contributed by atoms with Crippen molar-refractivity contribution in [1.29, 1.82) is 0 Å². The van der Waals surface area contributed by atoms with Crippen LogP contribution in [-0.2, 0) is 5.60 Å². The van der Waals surface area contributed by atoms with Crippen LogP contribution in [0, 0.1) is 0 Å². The van der Waals surface area contributed by atoms with Crippen molar-refractivity contribution < 1.29 is 4.74 Å². The molecule has 0 bridgehead atoms. The smallest absolute Gasteiger partial charge is 0.132 e. The van der Waals surface area contributed by atoms with Gasteiger partial charge in [0.2, 0.25) is 0 Å². The maximum absolute atomic E-state index is 6.35. The number of hydrogen-bond donors (Lipinski definition) is 0. The number of para-hydroxylation sites is 1. The van der Waals surface area contributed by atoms with E-state index in [-0.39, 0.29) is 5.60 Å². The number of fused-ring (bicyclic) bond motifs is 1. The van der Waals surface area contributed by atoms with E-state index in [1.165, 1.54) is 11.1 Å². The molecular weight excluding hydrogens is 244 g/mol. The Labute approximate surface area is 120 Å². The van der Waals surface area contributed by atoms with Crippen molar-refractivity contribution in [3.63, 3.8) is 0 Å². The summed E-state index contributed by atoms with van der Waals surface area (Å²) in [6, 6.07) is 18.9. The zero-order valence-corrected chi connectivity index (χ0v) is 11.9. The summed E-state index contributed by atoms with van der Waals surface area (Å²) in [4.78, 5) is 0. The highest BCUT2D eigenvalue weighted by Crippen LogP contribution is 2.46. The predicted octanol–water partition coefficient (Wildman–Crippen LogP) is 5.04. The second kappa shape index (κ2) is 5.16. The third-order valence-electron chi connectivity index (χ3n) is 4.17. The molecule has 1 aliphatic rings. The Morgan fingerprint density at radius 2 is 1.85 bits per heavy atom. The number of rotatable bonds is 3. The lowest BCUT2D eigenvalue weighted by Gasteiger charge is -2.40. The van der Waals surface area contributed by atoms with Gasteiger partial charge in [-0.05, 0) is 42.9 Å². The number of benzene rings is 2. The zero-order chi connectivity index (χ0) is 14.0. The average molecular weight is 264 g/mol. The molecule has 2 atom stereocenters. The summed E-state index contributed by atoms with van der Waals surface area (Å²) < 4.78 is 6.35. The largest absolute Gasteiger partial charge is 0.483 e. The Morgan fingerprint density at radius 1 is 1.15 bits per heavy atom. The molecule has 2 unspecified atom stereocenters. The SMILES string of the molecule is C=CCC1CC(C)(c2ccccc2)Oc2ccccc21. The van der Waals surface area contributed by atoms with Crippen molar-refractivity contribution in [3.05, 3.63) is 78.4 Å². The maximum Gasteiger partial charge on any atom is 0.132 e. The van der Waals surface area contributed by atoms with Gasteiger partial charge in [0.1, 0.15) is 11.4 Å². The molecule has 1 heteroatoms. The molecule has 3 rings (SSSR count). The molecule has 102 valence electrons. The van der Waals surface area contributed by atoms with Crippen molar-refractivity contribution >= 4 is 0 Å². The van der Waals surface area contributed by atoms with Gasteiger partial charge >= 0.3 is 0 Å². The lowest BCUT2D eigenvalue weighted by Crippen LogP contribution is -2.35. The van der Waals surface area contributed by atoms with Crippen molar-refractivity contribution in [2.75, 3.05) is 0 Å². The van der Waals surface area contributed by atoms with Crippen LogP contribution in [0.2, 0.25) is 0 Å². The molecule has 0 aromatic heterocycles. The normalized spacial score (nSPS) is 24.6. The minimum atomic E-state index is -0.261. The van der Waals surface area contributed by atoms with E-state index in [0.717, 1.165) is 18.6 Å². The van der Waals surface area contributed by atoms with Gasteiger partial charge in [0.05, 0.1) is 0 Å². The topological polar surface area (TPSA) is 9.23 Å².